The molecule has 0 heterocycles. The van der Waals surface area contributed by atoms with Crippen LogP contribution in [-0.4, -0.2) is 0 Å². The molecule has 0 unspecified atom stereocenters. The second-order valence-corrected chi connectivity index (χ2v) is 12.0. The largest absolute Gasteiger partial charge is 0.0622 e. The fourth-order valence-corrected chi connectivity index (χ4v) is 7.32. The highest BCUT2D eigenvalue weighted by molar-refractivity contribution is 6.21. The Labute approximate surface area is 268 Å². The maximum Gasteiger partial charge on any atom is -0.00264 e. The molecule has 9 rings (SSSR count). The van der Waals surface area contributed by atoms with Crippen LogP contribution < -0.4 is 0 Å². The first-order chi connectivity index (χ1) is 22.8. The van der Waals surface area contributed by atoms with E-state index in [9.17, 15) is 0 Å². The standard InChI is InChI=1S/C46H30/c1-2-11-31(12-3-1)32-21-25-35(26-22-32)45-41-15-6-8-17-43(41)46(44-18-9-7-16-42(44)45)36-27-23-34(24-28-36)38-19-10-20-39-37-14-5-4-13-33(37)29-30-40(38)39/h1-30H. The van der Waals surface area contributed by atoms with Gasteiger partial charge in [0.05, 0.1) is 0 Å². The van der Waals surface area contributed by atoms with Gasteiger partial charge in [-0.2, -0.15) is 0 Å². The van der Waals surface area contributed by atoms with Crippen molar-refractivity contribution in [1.29, 1.82) is 0 Å². The fraction of sp³-hybridized carbons (Fsp3) is 0. The first-order valence-corrected chi connectivity index (χ1v) is 15.9. The Hall–Kier alpha value is -5.98. The number of rotatable bonds is 4. The zero-order valence-electron chi connectivity index (χ0n) is 25.3. The molecule has 0 aliphatic rings. The molecule has 0 spiro atoms. The lowest BCUT2D eigenvalue weighted by Crippen LogP contribution is -1.91. The predicted molar refractivity (Wildman–Crippen MR) is 198 cm³/mol. The molecule has 0 amide bonds. The molecule has 0 aromatic heterocycles. The van der Waals surface area contributed by atoms with Crippen LogP contribution in [0.4, 0.5) is 0 Å². The molecule has 0 N–H and O–H groups in total. The molecule has 9 aromatic carbocycles. The quantitative estimate of drug-likeness (QED) is 0.143. The minimum atomic E-state index is 1.23. The van der Waals surface area contributed by atoms with E-state index in [2.05, 4.69) is 182 Å². The van der Waals surface area contributed by atoms with Crippen molar-refractivity contribution in [3.8, 4) is 44.5 Å². The molecule has 0 radical (unpaired) electrons. The van der Waals surface area contributed by atoms with E-state index >= 15 is 0 Å². The molecule has 9 aromatic rings. The maximum atomic E-state index is 2.30. The average molecular weight is 583 g/mol. The molecule has 46 heavy (non-hydrogen) atoms. The number of hydrogen-bond donors (Lipinski definition) is 0. The van der Waals surface area contributed by atoms with Crippen molar-refractivity contribution in [2.45, 2.75) is 0 Å². The highest BCUT2D eigenvalue weighted by atomic mass is 14.2. The summed E-state index contributed by atoms with van der Waals surface area (Å²) in [5.74, 6) is 0. The third-order valence-electron chi connectivity index (χ3n) is 9.48. The summed E-state index contributed by atoms with van der Waals surface area (Å²) in [5, 5.41) is 10.2. The summed E-state index contributed by atoms with van der Waals surface area (Å²) >= 11 is 0. The SMILES string of the molecule is c1ccc(-c2ccc(-c3c4ccccc4c(-c4ccc(-c5cccc6c5ccc5ccccc56)cc4)c4ccccc34)cc2)cc1. The van der Waals surface area contributed by atoms with Crippen molar-refractivity contribution in [1.82, 2.24) is 0 Å². The third kappa shape index (κ3) is 4.30. The summed E-state index contributed by atoms with van der Waals surface area (Å²) in [5.41, 5.74) is 9.99. The van der Waals surface area contributed by atoms with E-state index in [-0.39, 0.29) is 0 Å². The lowest BCUT2D eigenvalue weighted by Gasteiger charge is -2.18. The lowest BCUT2D eigenvalue weighted by atomic mass is 9.85. The van der Waals surface area contributed by atoms with E-state index in [0.717, 1.165) is 0 Å². The predicted octanol–water partition coefficient (Wildman–Crippen LogP) is 13.0. The summed E-state index contributed by atoms with van der Waals surface area (Å²) in [6, 6.07) is 66.4. The van der Waals surface area contributed by atoms with Gasteiger partial charge in [-0.1, -0.05) is 182 Å². The van der Waals surface area contributed by atoms with Crippen LogP contribution in [0, 0.1) is 0 Å². The number of fused-ring (bicyclic) bond motifs is 5. The zero-order chi connectivity index (χ0) is 30.5. The molecule has 0 atom stereocenters. The number of benzene rings is 9. The van der Waals surface area contributed by atoms with Gasteiger partial charge < -0.3 is 0 Å². The maximum absolute atomic E-state index is 2.30. The van der Waals surface area contributed by atoms with Gasteiger partial charge in [0.15, 0.2) is 0 Å². The van der Waals surface area contributed by atoms with Crippen LogP contribution in [0.2, 0.25) is 0 Å². The van der Waals surface area contributed by atoms with E-state index in [1.165, 1.54) is 87.6 Å². The van der Waals surface area contributed by atoms with Crippen molar-refractivity contribution in [3.05, 3.63) is 182 Å². The Kier molecular flexibility index (Phi) is 6.25. The highest BCUT2D eigenvalue weighted by Crippen LogP contribution is 2.44. The van der Waals surface area contributed by atoms with Crippen LogP contribution in [0.25, 0.3) is 87.6 Å². The Morgan fingerprint density at radius 2 is 0.630 bits per heavy atom. The summed E-state index contributed by atoms with van der Waals surface area (Å²) in [6.07, 6.45) is 0. The minimum Gasteiger partial charge on any atom is -0.0622 e. The summed E-state index contributed by atoms with van der Waals surface area (Å²) in [7, 11) is 0. The van der Waals surface area contributed by atoms with E-state index < -0.39 is 0 Å². The van der Waals surface area contributed by atoms with Gasteiger partial charge in [0, 0.05) is 0 Å². The van der Waals surface area contributed by atoms with Crippen LogP contribution >= 0.6 is 0 Å². The summed E-state index contributed by atoms with van der Waals surface area (Å²) in [6.45, 7) is 0. The third-order valence-corrected chi connectivity index (χ3v) is 9.48. The second-order valence-electron chi connectivity index (χ2n) is 12.0. The first-order valence-electron chi connectivity index (χ1n) is 15.9. The van der Waals surface area contributed by atoms with Crippen LogP contribution in [0.3, 0.4) is 0 Å². The first kappa shape index (κ1) is 26.4. The minimum absolute atomic E-state index is 1.23. The molecule has 0 aliphatic heterocycles. The fourth-order valence-electron chi connectivity index (χ4n) is 7.32. The summed E-state index contributed by atoms with van der Waals surface area (Å²) < 4.78 is 0. The van der Waals surface area contributed by atoms with E-state index in [1.54, 1.807) is 0 Å². The highest BCUT2D eigenvalue weighted by Gasteiger charge is 2.17. The van der Waals surface area contributed by atoms with Crippen molar-refractivity contribution in [2.75, 3.05) is 0 Å². The van der Waals surface area contributed by atoms with Gasteiger partial charge in [-0.25, -0.2) is 0 Å². The molecule has 0 nitrogen and oxygen atoms in total. The van der Waals surface area contributed by atoms with E-state index in [0.29, 0.717) is 0 Å². The summed E-state index contributed by atoms with van der Waals surface area (Å²) in [4.78, 5) is 0. The van der Waals surface area contributed by atoms with Gasteiger partial charge in [-0.15, -0.1) is 0 Å². The van der Waals surface area contributed by atoms with Gasteiger partial charge in [0.2, 0.25) is 0 Å². The van der Waals surface area contributed by atoms with Gasteiger partial charge in [0.1, 0.15) is 0 Å². The smallest absolute Gasteiger partial charge is 0.00264 e. The molecule has 0 fully saturated rings. The molecule has 0 saturated heterocycles. The average Bonchev–Trinajstić information content (AvgIpc) is 3.14. The van der Waals surface area contributed by atoms with Crippen LogP contribution in [0.1, 0.15) is 0 Å². The topological polar surface area (TPSA) is 0 Å². The van der Waals surface area contributed by atoms with Gasteiger partial charge >= 0.3 is 0 Å². The van der Waals surface area contributed by atoms with Gasteiger partial charge in [0.25, 0.3) is 0 Å². The molecule has 0 bridgehead atoms. The van der Waals surface area contributed by atoms with Crippen molar-refractivity contribution in [2.24, 2.45) is 0 Å². The molecule has 214 valence electrons. The van der Waals surface area contributed by atoms with Crippen molar-refractivity contribution >= 4 is 43.1 Å². The Balaban J connectivity index is 1.20. The normalized spacial score (nSPS) is 11.5. The molecule has 0 heteroatoms. The zero-order valence-corrected chi connectivity index (χ0v) is 25.3. The lowest BCUT2D eigenvalue weighted by molar-refractivity contribution is 1.61. The van der Waals surface area contributed by atoms with Gasteiger partial charge in [-0.3, -0.25) is 0 Å². The Morgan fingerprint density at radius 3 is 1.22 bits per heavy atom. The monoisotopic (exact) mass is 582 g/mol. The molecule has 0 saturated carbocycles. The molecular formula is C46H30. The van der Waals surface area contributed by atoms with Crippen LogP contribution in [-0.2, 0) is 0 Å². The molecule has 0 aliphatic carbocycles. The Morgan fingerprint density at radius 1 is 0.196 bits per heavy atom. The molecular weight excluding hydrogens is 553 g/mol. The van der Waals surface area contributed by atoms with Crippen LogP contribution in [0.5, 0.6) is 0 Å². The van der Waals surface area contributed by atoms with Crippen molar-refractivity contribution in [3.63, 3.8) is 0 Å². The Bertz CT molecular complexity index is 2480. The number of hydrogen-bond acceptors (Lipinski definition) is 0. The van der Waals surface area contributed by atoms with Crippen LogP contribution in [0.15, 0.2) is 182 Å². The van der Waals surface area contributed by atoms with Gasteiger partial charge in [-0.05, 0) is 87.6 Å². The van der Waals surface area contributed by atoms with E-state index in [1.807, 2.05) is 0 Å². The second kappa shape index (κ2) is 10.9. The van der Waals surface area contributed by atoms with Crippen molar-refractivity contribution < 1.29 is 0 Å². The van der Waals surface area contributed by atoms with E-state index in [4.69, 9.17) is 0 Å².